The Kier molecular flexibility index (Phi) is 2.99. The van der Waals surface area contributed by atoms with Crippen LogP contribution in [0.1, 0.15) is 32.1 Å². The SMILES string of the molecule is O=C1CCC[C@H]2N=NN(c3cccnc3)[C@@]12N1CCCC1. The van der Waals surface area contributed by atoms with Crippen molar-refractivity contribution in [2.24, 2.45) is 10.3 Å². The van der Waals surface area contributed by atoms with Crippen LogP contribution in [0, 0.1) is 0 Å². The maximum Gasteiger partial charge on any atom is 0.200 e. The van der Waals surface area contributed by atoms with E-state index in [2.05, 4.69) is 20.2 Å². The zero-order chi connectivity index (χ0) is 14.3. The van der Waals surface area contributed by atoms with Crippen molar-refractivity contribution < 1.29 is 4.79 Å². The van der Waals surface area contributed by atoms with Crippen LogP contribution in [0.25, 0.3) is 0 Å². The number of anilines is 1. The molecule has 1 aliphatic carbocycles. The molecule has 6 heteroatoms. The van der Waals surface area contributed by atoms with E-state index in [0.717, 1.165) is 44.5 Å². The van der Waals surface area contributed by atoms with Gasteiger partial charge >= 0.3 is 0 Å². The summed E-state index contributed by atoms with van der Waals surface area (Å²) in [5, 5.41) is 10.6. The minimum absolute atomic E-state index is 0.0444. The molecule has 4 rings (SSSR count). The molecule has 0 N–H and O–H groups in total. The van der Waals surface area contributed by atoms with E-state index in [1.165, 1.54) is 0 Å². The molecule has 3 heterocycles. The first-order valence-corrected chi connectivity index (χ1v) is 7.73. The van der Waals surface area contributed by atoms with Gasteiger partial charge in [-0.1, -0.05) is 5.22 Å². The second-order valence-electron chi connectivity index (χ2n) is 5.98. The van der Waals surface area contributed by atoms with Crippen LogP contribution in [0.15, 0.2) is 34.9 Å². The van der Waals surface area contributed by atoms with E-state index in [9.17, 15) is 4.79 Å². The number of nitrogens with zero attached hydrogens (tertiary/aromatic N) is 5. The zero-order valence-corrected chi connectivity index (χ0v) is 12.0. The van der Waals surface area contributed by atoms with E-state index < -0.39 is 5.66 Å². The molecule has 0 radical (unpaired) electrons. The fraction of sp³-hybridized carbons (Fsp3) is 0.600. The van der Waals surface area contributed by atoms with Gasteiger partial charge in [-0.15, -0.1) is 0 Å². The molecule has 2 atom stereocenters. The lowest BCUT2D eigenvalue weighted by molar-refractivity contribution is -0.133. The average Bonchev–Trinajstić information content (AvgIpc) is 3.16. The molecule has 2 aliphatic heterocycles. The largest absolute Gasteiger partial charge is 0.295 e. The lowest BCUT2D eigenvalue weighted by Crippen LogP contribution is -2.68. The number of hydrogen-bond donors (Lipinski definition) is 0. The monoisotopic (exact) mass is 285 g/mol. The Morgan fingerprint density at radius 2 is 2.10 bits per heavy atom. The van der Waals surface area contributed by atoms with E-state index in [-0.39, 0.29) is 11.8 Å². The predicted octanol–water partition coefficient (Wildman–Crippen LogP) is 2.18. The van der Waals surface area contributed by atoms with Gasteiger partial charge in [0, 0.05) is 25.7 Å². The molecule has 3 aliphatic rings. The van der Waals surface area contributed by atoms with Crippen molar-refractivity contribution in [1.82, 2.24) is 9.88 Å². The summed E-state index contributed by atoms with van der Waals surface area (Å²) in [6, 6.07) is 3.79. The van der Waals surface area contributed by atoms with Crippen LogP contribution in [0.5, 0.6) is 0 Å². The summed E-state index contributed by atoms with van der Waals surface area (Å²) in [7, 11) is 0. The molecule has 1 aromatic rings. The van der Waals surface area contributed by atoms with E-state index >= 15 is 0 Å². The Bertz CT molecular complexity index is 569. The van der Waals surface area contributed by atoms with Gasteiger partial charge in [0.15, 0.2) is 11.4 Å². The van der Waals surface area contributed by atoms with Crippen LogP contribution < -0.4 is 5.01 Å². The van der Waals surface area contributed by atoms with Gasteiger partial charge < -0.3 is 0 Å². The van der Waals surface area contributed by atoms with E-state index in [1.54, 1.807) is 12.4 Å². The molecule has 110 valence electrons. The fourth-order valence-electron chi connectivity index (χ4n) is 3.91. The van der Waals surface area contributed by atoms with Gasteiger partial charge in [-0.05, 0) is 37.8 Å². The number of hydrogen-bond acceptors (Lipinski definition) is 6. The number of aromatic nitrogens is 1. The molecule has 1 aromatic heterocycles. The number of pyridine rings is 1. The molecular weight excluding hydrogens is 266 g/mol. The number of fused-ring (bicyclic) bond motifs is 1. The maximum absolute atomic E-state index is 12.9. The first-order valence-electron chi connectivity index (χ1n) is 7.73. The van der Waals surface area contributed by atoms with Crippen molar-refractivity contribution in [3.8, 4) is 0 Å². The zero-order valence-electron chi connectivity index (χ0n) is 12.0. The predicted molar refractivity (Wildman–Crippen MR) is 77.8 cm³/mol. The Hall–Kier alpha value is -1.82. The minimum atomic E-state index is -0.697. The summed E-state index contributed by atoms with van der Waals surface area (Å²) in [4.78, 5) is 19.4. The van der Waals surface area contributed by atoms with Gasteiger partial charge in [0.25, 0.3) is 0 Å². The Morgan fingerprint density at radius 3 is 2.86 bits per heavy atom. The fourth-order valence-corrected chi connectivity index (χ4v) is 3.91. The summed E-state index contributed by atoms with van der Waals surface area (Å²) in [5.74, 6) is 0.259. The third-order valence-electron chi connectivity index (χ3n) is 4.84. The molecule has 1 saturated heterocycles. The van der Waals surface area contributed by atoms with Crippen molar-refractivity contribution in [2.45, 2.75) is 43.8 Å². The van der Waals surface area contributed by atoms with Gasteiger partial charge in [-0.3, -0.25) is 14.7 Å². The van der Waals surface area contributed by atoms with Gasteiger partial charge in [-0.25, -0.2) is 5.01 Å². The molecule has 6 nitrogen and oxygen atoms in total. The third-order valence-corrected chi connectivity index (χ3v) is 4.84. The van der Waals surface area contributed by atoms with Crippen molar-refractivity contribution in [3.05, 3.63) is 24.5 Å². The number of Topliss-reactive ketones (excluding diaryl/α,β-unsaturated/α-hetero) is 1. The number of carbonyl (C=O) groups excluding carboxylic acids is 1. The van der Waals surface area contributed by atoms with Crippen LogP contribution >= 0.6 is 0 Å². The van der Waals surface area contributed by atoms with Gasteiger partial charge in [0.2, 0.25) is 0 Å². The Labute approximate surface area is 123 Å². The van der Waals surface area contributed by atoms with Crippen LogP contribution in [0.4, 0.5) is 5.69 Å². The standard InChI is InChI=1S/C15H19N5O/c21-14-7-3-6-13-15(14,19-9-1-2-10-19)20(18-17-13)12-5-4-8-16-11-12/h4-5,8,11,13H,1-3,6-7,9-10H2/t13-,15-/m1/s1. The molecule has 2 fully saturated rings. The highest BCUT2D eigenvalue weighted by Crippen LogP contribution is 2.44. The number of carbonyl (C=O) groups is 1. The lowest BCUT2D eigenvalue weighted by Gasteiger charge is -2.46. The topological polar surface area (TPSA) is 61.2 Å². The summed E-state index contributed by atoms with van der Waals surface area (Å²) in [6.07, 6.45) is 8.25. The highest BCUT2D eigenvalue weighted by atomic mass is 16.1. The quantitative estimate of drug-likeness (QED) is 0.835. The first-order chi connectivity index (χ1) is 10.3. The highest BCUT2D eigenvalue weighted by Gasteiger charge is 2.60. The van der Waals surface area contributed by atoms with Crippen LogP contribution in [0.2, 0.25) is 0 Å². The van der Waals surface area contributed by atoms with E-state index in [0.29, 0.717) is 6.42 Å². The number of likely N-dealkylation sites (tertiary alicyclic amines) is 1. The van der Waals surface area contributed by atoms with Crippen molar-refractivity contribution >= 4 is 11.5 Å². The van der Waals surface area contributed by atoms with Crippen molar-refractivity contribution in [2.75, 3.05) is 18.1 Å². The molecular formula is C15H19N5O. The molecule has 1 saturated carbocycles. The smallest absolute Gasteiger partial charge is 0.200 e. The molecule has 0 unspecified atom stereocenters. The molecule has 0 bridgehead atoms. The van der Waals surface area contributed by atoms with E-state index in [4.69, 9.17) is 0 Å². The first kappa shape index (κ1) is 12.9. The summed E-state index contributed by atoms with van der Waals surface area (Å²) in [6.45, 7) is 1.90. The van der Waals surface area contributed by atoms with Crippen LogP contribution in [0.3, 0.4) is 0 Å². The lowest BCUT2D eigenvalue weighted by atomic mass is 9.81. The molecule has 0 spiro atoms. The Balaban J connectivity index is 1.82. The summed E-state index contributed by atoms with van der Waals surface area (Å²) >= 11 is 0. The van der Waals surface area contributed by atoms with E-state index in [1.807, 2.05) is 17.1 Å². The Morgan fingerprint density at radius 1 is 1.24 bits per heavy atom. The second-order valence-corrected chi connectivity index (χ2v) is 5.98. The third kappa shape index (κ3) is 1.75. The van der Waals surface area contributed by atoms with Gasteiger partial charge in [-0.2, -0.15) is 5.11 Å². The second kappa shape index (κ2) is 4.87. The van der Waals surface area contributed by atoms with Crippen LogP contribution in [-0.2, 0) is 4.79 Å². The number of ketones is 1. The molecule has 21 heavy (non-hydrogen) atoms. The molecule has 0 amide bonds. The van der Waals surface area contributed by atoms with Crippen LogP contribution in [-0.4, -0.2) is 40.5 Å². The highest BCUT2D eigenvalue weighted by molar-refractivity contribution is 5.93. The summed E-state index contributed by atoms with van der Waals surface area (Å²) in [5.41, 5.74) is 0.156. The van der Waals surface area contributed by atoms with Gasteiger partial charge in [0.1, 0.15) is 6.04 Å². The normalized spacial score (nSPS) is 32.7. The minimum Gasteiger partial charge on any atom is -0.295 e. The maximum atomic E-state index is 12.9. The van der Waals surface area contributed by atoms with Gasteiger partial charge in [0.05, 0.1) is 11.9 Å². The average molecular weight is 285 g/mol. The number of rotatable bonds is 2. The van der Waals surface area contributed by atoms with Crippen molar-refractivity contribution in [3.63, 3.8) is 0 Å². The van der Waals surface area contributed by atoms with Crippen molar-refractivity contribution in [1.29, 1.82) is 0 Å². The summed E-state index contributed by atoms with van der Waals surface area (Å²) < 4.78 is 0. The molecule has 0 aromatic carbocycles.